The molecule has 7 aromatic carbocycles. The summed E-state index contributed by atoms with van der Waals surface area (Å²) >= 11 is 0. The first-order valence-corrected chi connectivity index (χ1v) is 20.3. The van der Waals surface area contributed by atoms with Gasteiger partial charge in [-0.1, -0.05) is 159 Å². The Morgan fingerprint density at radius 1 is 0.473 bits per heavy atom. The van der Waals surface area contributed by atoms with Crippen molar-refractivity contribution in [1.29, 1.82) is 0 Å². The topological polar surface area (TPSA) is 3.24 Å². The van der Waals surface area contributed by atoms with E-state index in [1.54, 1.807) is 0 Å². The zero-order valence-corrected chi connectivity index (χ0v) is 32.3. The Labute approximate surface area is 327 Å². The van der Waals surface area contributed by atoms with Crippen LogP contribution in [0.4, 0.5) is 17.1 Å². The minimum atomic E-state index is -0.633. The summed E-state index contributed by atoms with van der Waals surface area (Å²) in [7, 11) is 0. The van der Waals surface area contributed by atoms with Crippen molar-refractivity contribution in [3.05, 3.63) is 196 Å². The fraction of sp³-hybridized carbons (Fsp3) is 0.222. The van der Waals surface area contributed by atoms with Gasteiger partial charge in [-0.05, 0) is 135 Å². The largest absolute Gasteiger partial charge is 0.310 e. The number of benzene rings is 7. The van der Waals surface area contributed by atoms with Crippen molar-refractivity contribution in [3.8, 4) is 33.4 Å². The summed E-state index contributed by atoms with van der Waals surface area (Å²) in [6.07, 6.45) is 5.18. The molecule has 1 saturated carbocycles. The number of aryl methyl sites for hydroxylation is 2. The Balaban J connectivity index is 1.20. The summed E-state index contributed by atoms with van der Waals surface area (Å²) in [5.74, 6) is -0.633. The highest BCUT2D eigenvalue weighted by atomic mass is 15.1. The highest BCUT2D eigenvalue weighted by Crippen LogP contribution is 2.64. The highest BCUT2D eigenvalue weighted by molar-refractivity contribution is 5.97. The third-order valence-electron chi connectivity index (χ3n) is 13.5. The Morgan fingerprint density at radius 3 is 1.60 bits per heavy atom. The van der Waals surface area contributed by atoms with Crippen LogP contribution in [0.2, 0.25) is 0 Å². The number of nitrogens with zero attached hydrogens (tertiary/aromatic N) is 1. The molecule has 0 bridgehead atoms. The second-order valence-electron chi connectivity index (χ2n) is 17.0. The maximum absolute atomic E-state index is 10.0. The van der Waals surface area contributed by atoms with E-state index in [0.717, 1.165) is 48.3 Å². The highest BCUT2D eigenvalue weighted by Gasteiger charge is 2.52. The molecule has 55 heavy (non-hydrogen) atoms. The van der Waals surface area contributed by atoms with Crippen LogP contribution < -0.4 is 4.90 Å². The van der Waals surface area contributed by atoms with Gasteiger partial charge in [-0.2, -0.15) is 0 Å². The zero-order chi connectivity index (χ0) is 38.0. The van der Waals surface area contributed by atoms with Gasteiger partial charge in [-0.3, -0.25) is 0 Å². The lowest BCUT2D eigenvalue weighted by atomic mass is 9.70. The molecule has 1 fully saturated rings. The van der Waals surface area contributed by atoms with Crippen LogP contribution in [0.5, 0.6) is 0 Å². The Morgan fingerprint density at radius 2 is 0.945 bits per heavy atom. The van der Waals surface area contributed by atoms with E-state index in [1.807, 2.05) is 0 Å². The van der Waals surface area contributed by atoms with E-state index in [4.69, 9.17) is 0 Å². The number of fused-ring (bicyclic) bond motifs is 13. The molecule has 0 atom stereocenters. The van der Waals surface area contributed by atoms with Crippen LogP contribution in [0.15, 0.2) is 146 Å². The number of rotatable bonds is 4. The smallest absolute Gasteiger partial charge is 0.0726 e. The lowest BCUT2D eigenvalue weighted by molar-refractivity contribution is 0.444. The van der Waals surface area contributed by atoms with E-state index < -0.39 is 11.3 Å². The van der Waals surface area contributed by atoms with Crippen molar-refractivity contribution in [3.63, 3.8) is 0 Å². The van der Waals surface area contributed by atoms with Gasteiger partial charge in [-0.25, -0.2) is 0 Å². The molecule has 0 saturated heterocycles. The molecule has 11 rings (SSSR count). The Hall–Kier alpha value is -5.66. The van der Waals surface area contributed by atoms with Crippen LogP contribution in [0.3, 0.4) is 0 Å². The molecule has 0 heterocycles. The second-order valence-corrected chi connectivity index (χ2v) is 17.0. The van der Waals surface area contributed by atoms with Crippen LogP contribution in [0.1, 0.15) is 103 Å². The first-order valence-electron chi connectivity index (χ1n) is 20.8. The van der Waals surface area contributed by atoms with Gasteiger partial charge in [-0.15, -0.1) is 0 Å². The van der Waals surface area contributed by atoms with Crippen molar-refractivity contribution in [2.24, 2.45) is 0 Å². The summed E-state index contributed by atoms with van der Waals surface area (Å²) in [6.45, 7) is 9.20. The number of anilines is 3. The number of para-hydroxylation sites is 1. The minimum absolute atomic E-state index is 0.135. The van der Waals surface area contributed by atoms with Gasteiger partial charge < -0.3 is 4.90 Å². The molecule has 4 aliphatic carbocycles. The van der Waals surface area contributed by atoms with E-state index >= 15 is 0 Å². The summed E-state index contributed by atoms with van der Waals surface area (Å²) in [5, 5.41) is 0. The van der Waals surface area contributed by atoms with Crippen LogP contribution in [0.25, 0.3) is 33.4 Å². The van der Waals surface area contributed by atoms with E-state index in [9.17, 15) is 1.37 Å². The predicted molar refractivity (Wildman–Crippen MR) is 230 cm³/mol. The van der Waals surface area contributed by atoms with Gasteiger partial charge in [0.2, 0.25) is 0 Å². The third kappa shape index (κ3) is 4.53. The average molecular weight is 711 g/mol. The van der Waals surface area contributed by atoms with E-state index in [1.165, 1.54) is 84.3 Å². The van der Waals surface area contributed by atoms with Crippen LogP contribution in [-0.4, -0.2) is 0 Å². The Bertz CT molecular complexity index is 2710. The fourth-order valence-corrected chi connectivity index (χ4v) is 11.0. The molecule has 7 aromatic rings. The van der Waals surface area contributed by atoms with Gasteiger partial charge in [0.1, 0.15) is 0 Å². The second kappa shape index (κ2) is 11.9. The number of hydrogen-bond acceptors (Lipinski definition) is 1. The zero-order valence-electron chi connectivity index (χ0n) is 33.3. The van der Waals surface area contributed by atoms with Crippen molar-refractivity contribution < 1.29 is 1.37 Å². The molecule has 0 unspecified atom stereocenters. The average Bonchev–Trinajstić information content (AvgIpc) is 3.76. The van der Waals surface area contributed by atoms with Crippen LogP contribution in [0, 0.1) is 13.8 Å². The molecule has 0 amide bonds. The minimum Gasteiger partial charge on any atom is -0.310 e. The van der Waals surface area contributed by atoms with Gasteiger partial charge in [0, 0.05) is 23.8 Å². The first kappa shape index (κ1) is 31.7. The van der Waals surface area contributed by atoms with Gasteiger partial charge in [0.15, 0.2) is 0 Å². The quantitative estimate of drug-likeness (QED) is 0.176. The normalized spacial score (nSPS) is 17.4. The first-order chi connectivity index (χ1) is 27.2. The monoisotopic (exact) mass is 710 g/mol. The molecule has 0 aliphatic heterocycles. The van der Waals surface area contributed by atoms with Gasteiger partial charge in [0.05, 0.1) is 5.41 Å². The van der Waals surface area contributed by atoms with Crippen LogP contribution >= 0.6 is 0 Å². The predicted octanol–water partition coefficient (Wildman–Crippen LogP) is 14.5. The fourth-order valence-electron chi connectivity index (χ4n) is 11.0. The molecule has 1 spiro atoms. The molecule has 0 aromatic heterocycles. The standard InChI is InChI=1S/C54H47N/c1-34-22-26-43-44-27-23-35(2)31-50(44)54(49(43)30-34)47-20-12-9-18-41(47)45-29-25-38(33-51(45)54)55(52-21-13-10-16-39(52)36-14-6-5-7-15-36)37-24-28-42-40-17-8-11-19-46(40)53(3,4)48(42)32-37/h8-13,16-33,36H,5-7,14-15H2,1-4H3/i36D. The summed E-state index contributed by atoms with van der Waals surface area (Å²) in [6, 6.07) is 55.4. The molecule has 1 heteroatoms. The summed E-state index contributed by atoms with van der Waals surface area (Å²) in [4.78, 5) is 2.50. The lowest BCUT2D eigenvalue weighted by Gasteiger charge is -2.34. The maximum Gasteiger partial charge on any atom is 0.0726 e. The molecular formula is C54H47N. The summed E-state index contributed by atoms with van der Waals surface area (Å²) in [5.41, 5.74) is 22.6. The Kier molecular flexibility index (Phi) is 6.86. The molecule has 268 valence electrons. The SMILES string of the molecule is [2H]C1(c2ccccc2N(c2ccc3c(c2)C(C)(C)c2ccccc2-3)c2ccc3c(c2)C2(c4ccccc4-3)c3cc(C)ccc3-c3ccc(C)cc32)CCCCC1. The van der Waals surface area contributed by atoms with Crippen molar-refractivity contribution in [2.75, 3.05) is 4.90 Å². The van der Waals surface area contributed by atoms with Gasteiger partial charge in [0.25, 0.3) is 0 Å². The van der Waals surface area contributed by atoms with Crippen molar-refractivity contribution >= 4 is 17.1 Å². The van der Waals surface area contributed by atoms with Crippen molar-refractivity contribution in [2.45, 2.75) is 76.5 Å². The molecular weight excluding hydrogens is 663 g/mol. The molecule has 0 N–H and O–H groups in total. The lowest BCUT2D eigenvalue weighted by Crippen LogP contribution is -2.26. The maximum atomic E-state index is 10.0. The number of hydrogen-bond donors (Lipinski definition) is 0. The molecule has 0 radical (unpaired) electrons. The molecule has 4 aliphatic rings. The van der Waals surface area contributed by atoms with E-state index in [2.05, 4.69) is 178 Å². The van der Waals surface area contributed by atoms with E-state index in [-0.39, 0.29) is 5.41 Å². The van der Waals surface area contributed by atoms with Crippen molar-refractivity contribution in [1.82, 2.24) is 0 Å². The van der Waals surface area contributed by atoms with Gasteiger partial charge >= 0.3 is 0 Å². The van der Waals surface area contributed by atoms with Crippen LogP contribution in [-0.2, 0) is 10.8 Å². The van der Waals surface area contributed by atoms with E-state index in [0.29, 0.717) is 0 Å². The third-order valence-corrected chi connectivity index (χ3v) is 13.5. The summed E-state index contributed by atoms with van der Waals surface area (Å²) < 4.78 is 10.0. The molecule has 1 nitrogen and oxygen atoms in total.